The van der Waals surface area contributed by atoms with Crippen LogP contribution in [0.1, 0.15) is 21.5 Å². The van der Waals surface area contributed by atoms with Crippen LogP contribution in [0, 0.1) is 6.92 Å². The van der Waals surface area contributed by atoms with Crippen LogP contribution in [0.3, 0.4) is 0 Å². The molecule has 1 aromatic heterocycles. The van der Waals surface area contributed by atoms with Gasteiger partial charge < -0.3 is 4.74 Å². The minimum absolute atomic E-state index is 0.379. The first-order valence-corrected chi connectivity index (χ1v) is 10.2. The van der Waals surface area contributed by atoms with Crippen molar-refractivity contribution in [3.8, 4) is 17.0 Å². The van der Waals surface area contributed by atoms with Crippen molar-refractivity contribution in [2.75, 3.05) is 5.43 Å². The van der Waals surface area contributed by atoms with E-state index in [2.05, 4.69) is 15.5 Å². The number of nitrogens with zero attached hydrogens (tertiary/aromatic N) is 2. The van der Waals surface area contributed by atoms with Gasteiger partial charge in [0.1, 0.15) is 5.75 Å². The van der Waals surface area contributed by atoms with E-state index in [1.807, 2.05) is 66.9 Å². The molecule has 0 aliphatic heterocycles. The van der Waals surface area contributed by atoms with Crippen LogP contribution in [-0.2, 0) is 0 Å². The Kier molecular flexibility index (Phi) is 5.96. The van der Waals surface area contributed by atoms with Crippen molar-refractivity contribution >= 4 is 28.7 Å². The Hall–Kier alpha value is -3.77. The van der Waals surface area contributed by atoms with Crippen molar-refractivity contribution in [2.24, 2.45) is 5.10 Å². The van der Waals surface area contributed by atoms with Gasteiger partial charge >= 0.3 is 5.97 Å². The Bertz CT molecular complexity index is 1150. The Balaban J connectivity index is 1.33. The second kappa shape index (κ2) is 9.15. The third-order valence-electron chi connectivity index (χ3n) is 4.33. The summed E-state index contributed by atoms with van der Waals surface area (Å²) in [5.41, 5.74) is 7.42. The molecule has 1 N–H and O–H groups in total. The summed E-state index contributed by atoms with van der Waals surface area (Å²) in [5.74, 6) is 0.106. The molecule has 0 spiro atoms. The van der Waals surface area contributed by atoms with Crippen LogP contribution in [-0.4, -0.2) is 17.2 Å². The largest absolute Gasteiger partial charge is 0.423 e. The van der Waals surface area contributed by atoms with Crippen LogP contribution in [0.25, 0.3) is 11.3 Å². The maximum atomic E-state index is 12.2. The number of rotatable bonds is 6. The Labute approximate surface area is 178 Å². The number of carbonyl (C=O) groups excluding carboxylic acids is 1. The molecule has 0 radical (unpaired) electrons. The number of ether oxygens (including phenoxy) is 1. The molecular weight excluding hydrogens is 394 g/mol. The average molecular weight is 414 g/mol. The zero-order valence-corrected chi connectivity index (χ0v) is 17.1. The standard InChI is InChI=1S/C24H19N3O2S/c1-17-7-11-20(12-8-17)23(28)29-21-13-9-18(10-14-21)15-25-27-24-26-22(16-30-24)19-5-3-2-4-6-19/h2-16H,1H3,(H,26,27). The summed E-state index contributed by atoms with van der Waals surface area (Å²) in [7, 11) is 0. The topological polar surface area (TPSA) is 63.6 Å². The number of hydrogen-bond donors (Lipinski definition) is 1. The highest BCUT2D eigenvalue weighted by molar-refractivity contribution is 7.14. The zero-order valence-electron chi connectivity index (χ0n) is 16.3. The van der Waals surface area contributed by atoms with Gasteiger partial charge in [-0.3, -0.25) is 5.43 Å². The summed E-state index contributed by atoms with van der Waals surface area (Å²) < 4.78 is 5.41. The quantitative estimate of drug-likeness (QED) is 0.188. The number of benzene rings is 3. The highest BCUT2D eigenvalue weighted by Gasteiger charge is 2.08. The smallest absolute Gasteiger partial charge is 0.343 e. The molecule has 0 aliphatic carbocycles. The van der Waals surface area contributed by atoms with E-state index in [4.69, 9.17) is 4.74 Å². The van der Waals surface area contributed by atoms with Crippen LogP contribution >= 0.6 is 11.3 Å². The molecule has 0 saturated carbocycles. The molecule has 6 heteroatoms. The van der Waals surface area contributed by atoms with Gasteiger partial charge in [-0.15, -0.1) is 11.3 Å². The predicted octanol–water partition coefficient (Wildman–Crippen LogP) is 5.78. The summed E-state index contributed by atoms with van der Waals surface area (Å²) in [5, 5.41) is 6.94. The maximum Gasteiger partial charge on any atom is 0.343 e. The van der Waals surface area contributed by atoms with Gasteiger partial charge in [-0.1, -0.05) is 48.0 Å². The molecule has 0 bridgehead atoms. The van der Waals surface area contributed by atoms with Gasteiger partial charge in [-0.2, -0.15) is 5.10 Å². The lowest BCUT2D eigenvalue weighted by molar-refractivity contribution is 0.0735. The van der Waals surface area contributed by atoms with Crippen LogP contribution in [0.5, 0.6) is 5.75 Å². The van der Waals surface area contributed by atoms with Crippen molar-refractivity contribution in [1.82, 2.24) is 4.98 Å². The number of hydrazone groups is 1. The molecule has 0 amide bonds. The van der Waals surface area contributed by atoms with Crippen LogP contribution in [0.4, 0.5) is 5.13 Å². The van der Waals surface area contributed by atoms with E-state index in [-0.39, 0.29) is 5.97 Å². The highest BCUT2D eigenvalue weighted by Crippen LogP contribution is 2.24. The number of aromatic nitrogens is 1. The van der Waals surface area contributed by atoms with E-state index >= 15 is 0 Å². The van der Waals surface area contributed by atoms with Crippen molar-refractivity contribution in [1.29, 1.82) is 0 Å². The third-order valence-corrected chi connectivity index (χ3v) is 5.07. The molecule has 0 atom stereocenters. The lowest BCUT2D eigenvalue weighted by Crippen LogP contribution is -2.08. The zero-order chi connectivity index (χ0) is 20.8. The van der Waals surface area contributed by atoms with Crippen molar-refractivity contribution in [2.45, 2.75) is 6.92 Å². The molecule has 0 unspecified atom stereocenters. The summed E-state index contributed by atoms with van der Waals surface area (Å²) >= 11 is 1.49. The van der Waals surface area contributed by atoms with Crippen LogP contribution in [0.15, 0.2) is 89.3 Å². The van der Waals surface area contributed by atoms with Crippen molar-refractivity contribution < 1.29 is 9.53 Å². The minimum atomic E-state index is -0.379. The molecular formula is C24H19N3O2S. The lowest BCUT2D eigenvalue weighted by Gasteiger charge is -2.05. The van der Waals surface area contributed by atoms with Crippen LogP contribution < -0.4 is 10.2 Å². The normalized spacial score (nSPS) is 10.8. The van der Waals surface area contributed by atoms with Gasteiger partial charge in [-0.05, 0) is 48.9 Å². The maximum absolute atomic E-state index is 12.2. The first-order valence-electron chi connectivity index (χ1n) is 9.36. The molecule has 4 rings (SSSR count). The number of carbonyl (C=O) groups is 1. The van der Waals surface area contributed by atoms with Crippen molar-refractivity contribution in [3.05, 3.63) is 101 Å². The van der Waals surface area contributed by atoms with Crippen LogP contribution in [0.2, 0.25) is 0 Å². The Morgan fingerprint density at radius 1 is 1.00 bits per heavy atom. The predicted molar refractivity (Wildman–Crippen MR) is 121 cm³/mol. The molecule has 0 fully saturated rings. The molecule has 30 heavy (non-hydrogen) atoms. The van der Waals surface area contributed by atoms with Gasteiger partial charge in [0.15, 0.2) is 0 Å². The molecule has 0 aliphatic rings. The van der Waals surface area contributed by atoms with E-state index in [0.717, 1.165) is 22.4 Å². The second-order valence-corrected chi connectivity index (χ2v) is 7.46. The monoisotopic (exact) mass is 413 g/mol. The molecule has 148 valence electrons. The fourth-order valence-corrected chi connectivity index (χ4v) is 3.37. The third kappa shape index (κ3) is 4.98. The van der Waals surface area contributed by atoms with Gasteiger partial charge in [0.05, 0.1) is 17.5 Å². The average Bonchev–Trinajstić information content (AvgIpc) is 3.25. The Morgan fingerprint density at radius 3 is 2.47 bits per heavy atom. The lowest BCUT2D eigenvalue weighted by atomic mass is 10.1. The highest BCUT2D eigenvalue weighted by atomic mass is 32.1. The molecule has 0 saturated heterocycles. The van der Waals surface area contributed by atoms with E-state index < -0.39 is 0 Å². The molecule has 3 aromatic carbocycles. The number of hydrogen-bond acceptors (Lipinski definition) is 6. The summed E-state index contributed by atoms with van der Waals surface area (Å²) in [6.45, 7) is 1.97. The SMILES string of the molecule is Cc1ccc(C(=O)Oc2ccc(C=NNc3nc(-c4ccccc4)cs3)cc2)cc1. The summed E-state index contributed by atoms with van der Waals surface area (Å²) in [6, 6.07) is 24.4. The number of aryl methyl sites for hydroxylation is 1. The second-order valence-electron chi connectivity index (χ2n) is 6.60. The van der Waals surface area contributed by atoms with Gasteiger partial charge in [-0.25, -0.2) is 9.78 Å². The first kappa shape index (κ1) is 19.5. The van der Waals surface area contributed by atoms with E-state index in [0.29, 0.717) is 16.4 Å². The minimum Gasteiger partial charge on any atom is -0.423 e. The molecule has 1 heterocycles. The van der Waals surface area contributed by atoms with E-state index in [1.54, 1.807) is 30.5 Å². The van der Waals surface area contributed by atoms with Crippen molar-refractivity contribution in [3.63, 3.8) is 0 Å². The van der Waals surface area contributed by atoms with E-state index in [9.17, 15) is 4.79 Å². The number of esters is 1. The number of nitrogens with one attached hydrogen (secondary N) is 1. The summed E-state index contributed by atoms with van der Waals surface area (Å²) in [6.07, 6.45) is 1.69. The number of thiazole rings is 1. The number of anilines is 1. The molecule has 5 nitrogen and oxygen atoms in total. The van der Waals surface area contributed by atoms with E-state index in [1.165, 1.54) is 11.3 Å². The van der Waals surface area contributed by atoms with Gasteiger partial charge in [0.25, 0.3) is 0 Å². The summed E-state index contributed by atoms with van der Waals surface area (Å²) in [4.78, 5) is 16.7. The Morgan fingerprint density at radius 2 is 1.73 bits per heavy atom. The van der Waals surface area contributed by atoms with Gasteiger partial charge in [0.2, 0.25) is 5.13 Å². The molecule has 4 aromatic rings. The first-order chi connectivity index (χ1) is 14.7. The fraction of sp³-hybridized carbons (Fsp3) is 0.0417. The van der Waals surface area contributed by atoms with Gasteiger partial charge in [0, 0.05) is 10.9 Å². The fourth-order valence-electron chi connectivity index (χ4n) is 2.71.